The summed E-state index contributed by atoms with van der Waals surface area (Å²) in [5, 5.41) is 11.4. The van der Waals surface area contributed by atoms with Crippen molar-refractivity contribution in [2.24, 2.45) is 0 Å². The van der Waals surface area contributed by atoms with Crippen molar-refractivity contribution in [1.29, 1.82) is 0 Å². The predicted octanol–water partition coefficient (Wildman–Crippen LogP) is 3.35. The van der Waals surface area contributed by atoms with Gasteiger partial charge in [-0.25, -0.2) is 4.98 Å². The van der Waals surface area contributed by atoms with E-state index in [0.29, 0.717) is 12.4 Å². The van der Waals surface area contributed by atoms with E-state index in [1.165, 1.54) is 5.56 Å². The maximum absolute atomic E-state index is 5.88. The van der Waals surface area contributed by atoms with Crippen LogP contribution in [0.15, 0.2) is 24.4 Å². The summed E-state index contributed by atoms with van der Waals surface area (Å²) in [5.74, 6) is 1.77. The Morgan fingerprint density at radius 1 is 1.24 bits per heavy atom. The van der Waals surface area contributed by atoms with Crippen molar-refractivity contribution in [3.8, 4) is 5.75 Å². The molecule has 0 radical (unpaired) electrons. The number of nitrogens with two attached hydrogens (primary N) is 1. The van der Waals surface area contributed by atoms with E-state index in [0.717, 1.165) is 48.3 Å². The standard InChI is InChI=1S/C21H31N7O/c1-5-7-10-24-20-19-17(25-21(22)26-20)13-28(27-19)12-16-9-8-15(11-18(16)29-4)14(3)23-6-2/h8-9,11,13-14,23H,5-7,10,12H2,1-4H3,(H3,22,24,25,26)/t14-/m1/s1. The SMILES string of the molecule is CCCCNc1nc(N)nc2cn(Cc3ccc([C@@H](C)NCC)cc3OC)nc12. The minimum absolute atomic E-state index is 0.246. The average molecular weight is 398 g/mol. The van der Waals surface area contributed by atoms with Crippen molar-refractivity contribution in [3.63, 3.8) is 0 Å². The molecule has 2 aromatic heterocycles. The van der Waals surface area contributed by atoms with E-state index in [4.69, 9.17) is 15.6 Å². The summed E-state index contributed by atoms with van der Waals surface area (Å²) in [5.41, 5.74) is 9.58. The number of hydrogen-bond donors (Lipinski definition) is 3. The summed E-state index contributed by atoms with van der Waals surface area (Å²) in [6, 6.07) is 6.57. The lowest BCUT2D eigenvalue weighted by Crippen LogP contribution is -2.17. The maximum Gasteiger partial charge on any atom is 0.222 e. The Balaban J connectivity index is 1.87. The molecule has 0 saturated heterocycles. The molecule has 2 heterocycles. The quantitative estimate of drug-likeness (QED) is 0.451. The monoisotopic (exact) mass is 397 g/mol. The van der Waals surface area contributed by atoms with Crippen molar-refractivity contribution in [2.75, 3.05) is 31.2 Å². The molecule has 0 aliphatic heterocycles. The fourth-order valence-electron chi connectivity index (χ4n) is 3.32. The van der Waals surface area contributed by atoms with Crippen molar-refractivity contribution >= 4 is 22.8 Å². The normalized spacial score (nSPS) is 12.3. The number of unbranched alkanes of at least 4 members (excludes halogenated alkanes) is 1. The van der Waals surface area contributed by atoms with Crippen LogP contribution in [0.2, 0.25) is 0 Å². The van der Waals surface area contributed by atoms with Gasteiger partial charge < -0.3 is 21.1 Å². The van der Waals surface area contributed by atoms with Crippen LogP contribution in [0.25, 0.3) is 11.0 Å². The summed E-state index contributed by atoms with van der Waals surface area (Å²) in [6.07, 6.45) is 4.06. The first-order chi connectivity index (χ1) is 14.0. The first-order valence-corrected chi connectivity index (χ1v) is 10.2. The van der Waals surface area contributed by atoms with Crippen LogP contribution in [0.4, 0.5) is 11.8 Å². The number of nitrogens with one attached hydrogen (secondary N) is 2. The molecule has 3 rings (SSSR count). The molecule has 8 nitrogen and oxygen atoms in total. The summed E-state index contributed by atoms with van der Waals surface area (Å²) in [6.45, 7) is 8.72. The third-order valence-electron chi connectivity index (χ3n) is 4.90. The van der Waals surface area contributed by atoms with Gasteiger partial charge in [-0.15, -0.1) is 0 Å². The molecular weight excluding hydrogens is 366 g/mol. The van der Waals surface area contributed by atoms with E-state index in [2.05, 4.69) is 59.6 Å². The second kappa shape index (κ2) is 9.56. The zero-order chi connectivity index (χ0) is 20.8. The van der Waals surface area contributed by atoms with Gasteiger partial charge in [0.2, 0.25) is 5.95 Å². The zero-order valence-corrected chi connectivity index (χ0v) is 17.7. The van der Waals surface area contributed by atoms with Crippen molar-refractivity contribution in [3.05, 3.63) is 35.5 Å². The number of methoxy groups -OCH3 is 1. The van der Waals surface area contributed by atoms with E-state index in [9.17, 15) is 0 Å². The Morgan fingerprint density at radius 2 is 2.07 bits per heavy atom. The van der Waals surface area contributed by atoms with Crippen LogP contribution < -0.4 is 21.1 Å². The highest BCUT2D eigenvalue weighted by Gasteiger charge is 2.13. The van der Waals surface area contributed by atoms with Crippen LogP contribution in [-0.4, -0.2) is 39.9 Å². The van der Waals surface area contributed by atoms with E-state index < -0.39 is 0 Å². The summed E-state index contributed by atoms with van der Waals surface area (Å²) in [4.78, 5) is 8.65. The average Bonchev–Trinajstić information content (AvgIpc) is 3.10. The number of benzene rings is 1. The van der Waals surface area contributed by atoms with E-state index in [-0.39, 0.29) is 12.0 Å². The molecule has 0 saturated carbocycles. The molecule has 0 unspecified atom stereocenters. The number of rotatable bonds is 10. The van der Waals surface area contributed by atoms with E-state index >= 15 is 0 Å². The van der Waals surface area contributed by atoms with Crippen molar-refractivity contribution < 1.29 is 4.74 Å². The van der Waals surface area contributed by atoms with Gasteiger partial charge in [-0.3, -0.25) is 4.68 Å². The minimum atomic E-state index is 0.246. The van der Waals surface area contributed by atoms with Gasteiger partial charge in [0.05, 0.1) is 19.9 Å². The van der Waals surface area contributed by atoms with E-state index in [1.807, 2.05) is 10.9 Å². The lowest BCUT2D eigenvalue weighted by molar-refractivity contribution is 0.406. The van der Waals surface area contributed by atoms with Gasteiger partial charge in [0.1, 0.15) is 11.3 Å². The fourth-order valence-corrected chi connectivity index (χ4v) is 3.32. The van der Waals surface area contributed by atoms with Gasteiger partial charge in [0.25, 0.3) is 0 Å². The van der Waals surface area contributed by atoms with Crippen LogP contribution in [-0.2, 0) is 6.54 Å². The Labute approximate surface area is 171 Å². The lowest BCUT2D eigenvalue weighted by atomic mass is 10.0. The number of ether oxygens (including phenoxy) is 1. The Morgan fingerprint density at radius 3 is 2.79 bits per heavy atom. The Hall–Kier alpha value is -2.87. The molecule has 0 fully saturated rings. The molecule has 0 spiro atoms. The maximum atomic E-state index is 5.88. The third-order valence-corrected chi connectivity index (χ3v) is 4.90. The predicted molar refractivity (Wildman–Crippen MR) is 117 cm³/mol. The fraction of sp³-hybridized carbons (Fsp3) is 0.476. The van der Waals surface area contributed by atoms with Crippen LogP contribution in [0, 0.1) is 0 Å². The molecular formula is C21H31N7O. The first-order valence-electron chi connectivity index (χ1n) is 10.2. The summed E-state index contributed by atoms with van der Waals surface area (Å²) < 4.78 is 7.50. The molecule has 0 amide bonds. The smallest absolute Gasteiger partial charge is 0.222 e. The summed E-state index contributed by atoms with van der Waals surface area (Å²) in [7, 11) is 1.70. The van der Waals surface area contributed by atoms with Crippen LogP contribution in [0.3, 0.4) is 0 Å². The van der Waals surface area contributed by atoms with Gasteiger partial charge >= 0.3 is 0 Å². The number of aromatic nitrogens is 4. The molecule has 1 atom stereocenters. The highest BCUT2D eigenvalue weighted by atomic mass is 16.5. The van der Waals surface area contributed by atoms with Crippen LogP contribution in [0.5, 0.6) is 5.75 Å². The molecule has 0 bridgehead atoms. The molecule has 0 aliphatic carbocycles. The largest absolute Gasteiger partial charge is 0.496 e. The second-order valence-corrected chi connectivity index (χ2v) is 7.12. The van der Waals surface area contributed by atoms with Gasteiger partial charge in [-0.1, -0.05) is 32.4 Å². The molecule has 4 N–H and O–H groups in total. The second-order valence-electron chi connectivity index (χ2n) is 7.12. The van der Waals surface area contributed by atoms with E-state index in [1.54, 1.807) is 7.11 Å². The van der Waals surface area contributed by atoms with Crippen LogP contribution >= 0.6 is 0 Å². The number of fused-ring (bicyclic) bond motifs is 1. The van der Waals surface area contributed by atoms with Crippen LogP contribution in [0.1, 0.15) is 50.8 Å². The molecule has 0 aliphatic rings. The Bertz CT molecular complexity index is 954. The first kappa shape index (κ1) is 20.9. The zero-order valence-electron chi connectivity index (χ0n) is 17.7. The van der Waals surface area contributed by atoms with Gasteiger partial charge in [0.15, 0.2) is 11.3 Å². The number of nitrogen functional groups attached to an aromatic ring is 1. The highest BCUT2D eigenvalue weighted by Crippen LogP contribution is 2.26. The highest BCUT2D eigenvalue weighted by molar-refractivity contribution is 5.85. The van der Waals surface area contributed by atoms with Gasteiger partial charge in [0, 0.05) is 18.2 Å². The molecule has 29 heavy (non-hydrogen) atoms. The molecule has 3 aromatic rings. The number of hydrogen-bond acceptors (Lipinski definition) is 7. The number of nitrogens with zero attached hydrogens (tertiary/aromatic N) is 4. The van der Waals surface area contributed by atoms with Gasteiger partial charge in [-0.2, -0.15) is 10.1 Å². The molecule has 1 aromatic carbocycles. The van der Waals surface area contributed by atoms with Crippen molar-refractivity contribution in [2.45, 2.75) is 46.2 Å². The minimum Gasteiger partial charge on any atom is -0.496 e. The topological polar surface area (TPSA) is 103 Å². The summed E-state index contributed by atoms with van der Waals surface area (Å²) >= 11 is 0. The molecule has 156 valence electrons. The molecule has 8 heteroatoms. The third kappa shape index (κ3) is 4.95. The Kier molecular flexibility index (Phi) is 6.87. The van der Waals surface area contributed by atoms with Gasteiger partial charge in [-0.05, 0) is 31.5 Å². The lowest BCUT2D eigenvalue weighted by Gasteiger charge is -2.16. The van der Waals surface area contributed by atoms with Crippen molar-refractivity contribution in [1.82, 2.24) is 25.1 Å². The number of anilines is 2.